The average Bonchev–Trinajstić information content (AvgIpc) is 2.36. The maximum atomic E-state index is 11.6. The van der Waals surface area contributed by atoms with E-state index in [1.54, 1.807) is 0 Å². The van der Waals surface area contributed by atoms with Crippen LogP contribution in [0.25, 0.3) is 0 Å². The highest BCUT2D eigenvalue weighted by molar-refractivity contribution is 5.90. The molecule has 0 saturated carbocycles. The van der Waals surface area contributed by atoms with E-state index >= 15 is 0 Å². The number of hydrogen-bond donors (Lipinski definition) is 2. The molecular formula is C14H20N2O. The average molecular weight is 232 g/mol. The molecular weight excluding hydrogens is 212 g/mol. The molecule has 0 unspecified atom stereocenters. The van der Waals surface area contributed by atoms with Gasteiger partial charge >= 0.3 is 0 Å². The van der Waals surface area contributed by atoms with Crippen molar-refractivity contribution in [2.45, 2.75) is 32.1 Å². The van der Waals surface area contributed by atoms with Crippen molar-refractivity contribution in [2.24, 2.45) is 0 Å². The van der Waals surface area contributed by atoms with Crippen LogP contribution in [0.4, 0.5) is 5.69 Å². The van der Waals surface area contributed by atoms with Gasteiger partial charge in [-0.1, -0.05) is 6.07 Å². The molecule has 3 heteroatoms. The van der Waals surface area contributed by atoms with Crippen molar-refractivity contribution in [3.8, 4) is 0 Å². The highest BCUT2D eigenvalue weighted by Gasteiger charge is 2.10. The Balaban J connectivity index is 1.99. The van der Waals surface area contributed by atoms with Crippen molar-refractivity contribution < 1.29 is 4.79 Å². The second kappa shape index (κ2) is 5.82. The van der Waals surface area contributed by atoms with Gasteiger partial charge in [0.1, 0.15) is 0 Å². The van der Waals surface area contributed by atoms with E-state index in [1.807, 2.05) is 13.1 Å². The molecule has 1 amide bonds. The van der Waals surface area contributed by atoms with Gasteiger partial charge in [-0.3, -0.25) is 4.79 Å². The van der Waals surface area contributed by atoms with Gasteiger partial charge in [-0.15, -0.1) is 0 Å². The highest BCUT2D eigenvalue weighted by Crippen LogP contribution is 2.24. The maximum Gasteiger partial charge on any atom is 0.225 e. The fourth-order valence-corrected chi connectivity index (χ4v) is 2.27. The molecule has 0 heterocycles. The van der Waals surface area contributed by atoms with Crippen LogP contribution < -0.4 is 10.6 Å². The summed E-state index contributed by atoms with van der Waals surface area (Å²) in [6.45, 7) is 0.719. The van der Waals surface area contributed by atoms with Gasteiger partial charge in [0, 0.05) is 18.7 Å². The predicted molar refractivity (Wildman–Crippen MR) is 70.3 cm³/mol. The molecule has 1 aliphatic rings. The molecule has 0 atom stereocenters. The Hall–Kier alpha value is -1.35. The smallest absolute Gasteiger partial charge is 0.225 e. The Bertz CT molecular complexity index is 401. The molecule has 0 spiro atoms. The summed E-state index contributed by atoms with van der Waals surface area (Å²) in [7, 11) is 1.85. The van der Waals surface area contributed by atoms with E-state index < -0.39 is 0 Å². The lowest BCUT2D eigenvalue weighted by Gasteiger charge is -2.16. The fourth-order valence-electron chi connectivity index (χ4n) is 2.27. The Kier molecular flexibility index (Phi) is 4.15. The van der Waals surface area contributed by atoms with Crippen LogP contribution in [0.3, 0.4) is 0 Å². The molecule has 0 fully saturated rings. The molecule has 1 aliphatic carbocycles. The van der Waals surface area contributed by atoms with Crippen LogP contribution >= 0.6 is 0 Å². The number of anilines is 1. The van der Waals surface area contributed by atoms with Crippen LogP contribution in [0.5, 0.6) is 0 Å². The summed E-state index contributed by atoms with van der Waals surface area (Å²) < 4.78 is 0. The first-order valence-electron chi connectivity index (χ1n) is 6.36. The summed E-state index contributed by atoms with van der Waals surface area (Å²) in [4.78, 5) is 11.6. The SMILES string of the molecule is CNCCC(=O)Nc1ccc2c(c1)CCCC2. The minimum Gasteiger partial charge on any atom is -0.326 e. The maximum absolute atomic E-state index is 11.6. The number of benzene rings is 1. The third-order valence-corrected chi connectivity index (χ3v) is 3.23. The van der Waals surface area contributed by atoms with E-state index in [9.17, 15) is 4.79 Å². The molecule has 0 aliphatic heterocycles. The molecule has 1 aromatic carbocycles. The standard InChI is InChI=1S/C14H20N2O/c1-15-9-8-14(17)16-13-7-6-11-4-2-3-5-12(11)10-13/h6-7,10,15H,2-5,8-9H2,1H3,(H,16,17). The summed E-state index contributed by atoms with van der Waals surface area (Å²) >= 11 is 0. The van der Waals surface area contributed by atoms with Gasteiger partial charge < -0.3 is 10.6 Å². The second-order valence-electron chi connectivity index (χ2n) is 4.59. The van der Waals surface area contributed by atoms with E-state index in [0.717, 1.165) is 18.7 Å². The molecule has 2 rings (SSSR count). The summed E-state index contributed by atoms with van der Waals surface area (Å²) in [5.74, 6) is 0.0788. The number of carbonyl (C=O) groups excluding carboxylic acids is 1. The first kappa shape index (κ1) is 12.1. The van der Waals surface area contributed by atoms with Crippen molar-refractivity contribution in [3.63, 3.8) is 0 Å². The number of aryl methyl sites for hydroxylation is 2. The van der Waals surface area contributed by atoms with Crippen LogP contribution in [0.2, 0.25) is 0 Å². The summed E-state index contributed by atoms with van der Waals surface area (Å²) in [6.07, 6.45) is 5.41. The normalized spacial score (nSPS) is 14.2. The molecule has 2 N–H and O–H groups in total. The lowest BCUT2D eigenvalue weighted by Crippen LogP contribution is -2.19. The van der Waals surface area contributed by atoms with Gasteiger partial charge in [0.05, 0.1) is 0 Å². The zero-order valence-corrected chi connectivity index (χ0v) is 10.4. The van der Waals surface area contributed by atoms with Gasteiger partial charge in [0.25, 0.3) is 0 Å². The van der Waals surface area contributed by atoms with Crippen molar-refractivity contribution >= 4 is 11.6 Å². The summed E-state index contributed by atoms with van der Waals surface area (Å²) in [5.41, 5.74) is 3.79. The lowest BCUT2D eigenvalue weighted by molar-refractivity contribution is -0.116. The molecule has 1 aromatic rings. The first-order chi connectivity index (χ1) is 8.29. The number of nitrogens with one attached hydrogen (secondary N) is 2. The summed E-state index contributed by atoms with van der Waals surface area (Å²) in [5, 5.41) is 5.92. The van der Waals surface area contributed by atoms with Gasteiger partial charge in [-0.2, -0.15) is 0 Å². The van der Waals surface area contributed by atoms with E-state index in [0.29, 0.717) is 6.42 Å². The van der Waals surface area contributed by atoms with Crippen molar-refractivity contribution in [1.29, 1.82) is 0 Å². The first-order valence-corrected chi connectivity index (χ1v) is 6.36. The number of carbonyl (C=O) groups is 1. The number of rotatable bonds is 4. The van der Waals surface area contributed by atoms with E-state index in [1.165, 1.54) is 30.4 Å². The highest BCUT2D eigenvalue weighted by atomic mass is 16.1. The van der Waals surface area contributed by atoms with Gasteiger partial charge in [-0.05, 0) is 56.0 Å². The van der Waals surface area contributed by atoms with Crippen molar-refractivity contribution in [1.82, 2.24) is 5.32 Å². The zero-order chi connectivity index (χ0) is 12.1. The van der Waals surface area contributed by atoms with Gasteiger partial charge in [0.15, 0.2) is 0 Å². The Morgan fingerprint density at radius 2 is 2.00 bits per heavy atom. The van der Waals surface area contributed by atoms with E-state index in [4.69, 9.17) is 0 Å². The number of amides is 1. The van der Waals surface area contributed by atoms with Gasteiger partial charge in [-0.25, -0.2) is 0 Å². The topological polar surface area (TPSA) is 41.1 Å². The number of fused-ring (bicyclic) bond motifs is 1. The van der Waals surface area contributed by atoms with Crippen molar-refractivity contribution in [2.75, 3.05) is 18.9 Å². The van der Waals surface area contributed by atoms with Crippen LogP contribution in [-0.4, -0.2) is 19.5 Å². The monoisotopic (exact) mass is 232 g/mol. The molecule has 17 heavy (non-hydrogen) atoms. The summed E-state index contributed by atoms with van der Waals surface area (Å²) in [6, 6.07) is 6.30. The van der Waals surface area contributed by atoms with E-state index in [-0.39, 0.29) is 5.91 Å². The molecule has 3 nitrogen and oxygen atoms in total. The molecule has 0 radical (unpaired) electrons. The lowest BCUT2D eigenvalue weighted by atomic mass is 9.91. The fraction of sp³-hybridized carbons (Fsp3) is 0.500. The Morgan fingerprint density at radius 3 is 2.76 bits per heavy atom. The second-order valence-corrected chi connectivity index (χ2v) is 4.59. The van der Waals surface area contributed by atoms with Crippen molar-refractivity contribution in [3.05, 3.63) is 29.3 Å². The zero-order valence-electron chi connectivity index (χ0n) is 10.4. The van der Waals surface area contributed by atoms with E-state index in [2.05, 4.69) is 22.8 Å². The van der Waals surface area contributed by atoms with Crippen LogP contribution in [0.15, 0.2) is 18.2 Å². The third kappa shape index (κ3) is 3.30. The van der Waals surface area contributed by atoms with Crippen LogP contribution in [0, 0.1) is 0 Å². The predicted octanol–water partition coefficient (Wildman–Crippen LogP) is 2.11. The molecule has 92 valence electrons. The molecule has 0 saturated heterocycles. The largest absolute Gasteiger partial charge is 0.326 e. The minimum absolute atomic E-state index is 0.0788. The quantitative estimate of drug-likeness (QED) is 0.835. The van der Waals surface area contributed by atoms with Gasteiger partial charge in [0.2, 0.25) is 5.91 Å². The molecule has 0 aromatic heterocycles. The van der Waals surface area contributed by atoms with Crippen LogP contribution in [0.1, 0.15) is 30.4 Å². The third-order valence-electron chi connectivity index (χ3n) is 3.23. The van der Waals surface area contributed by atoms with Crippen LogP contribution in [-0.2, 0) is 17.6 Å². The Labute approximate surface area is 103 Å². The number of hydrogen-bond acceptors (Lipinski definition) is 2. The Morgan fingerprint density at radius 1 is 1.24 bits per heavy atom. The molecule has 0 bridgehead atoms. The minimum atomic E-state index is 0.0788.